The van der Waals surface area contributed by atoms with E-state index < -0.39 is 10.8 Å². The molecule has 1 amide bonds. The molecule has 2 atom stereocenters. The maximum Gasteiger partial charge on any atom is 0.234 e. The third kappa shape index (κ3) is 3.87. The van der Waals surface area contributed by atoms with E-state index >= 15 is 0 Å². The summed E-state index contributed by atoms with van der Waals surface area (Å²) < 4.78 is 20.2. The number of ether oxygens (including phenoxy) is 1. The number of fused-ring (bicyclic) bond motifs is 1. The second-order valence-corrected chi connectivity index (χ2v) is 10.1. The summed E-state index contributed by atoms with van der Waals surface area (Å²) in [4.78, 5) is 24.0. The summed E-state index contributed by atoms with van der Waals surface area (Å²) >= 11 is 1.66. The molecule has 9 heteroatoms. The van der Waals surface area contributed by atoms with Gasteiger partial charge in [0, 0.05) is 47.2 Å². The third-order valence-electron chi connectivity index (χ3n) is 5.59. The SMILES string of the molecule is Cc1csc(-c2cnc(-n3cc(S(C)=O)c4ccc(C5CN(C=O)CCO5)cc43)nc2)c1. The molecule has 4 heterocycles. The predicted molar refractivity (Wildman–Crippen MR) is 126 cm³/mol. The Hall–Kier alpha value is -2.88. The Morgan fingerprint density at radius 1 is 1.25 bits per heavy atom. The van der Waals surface area contributed by atoms with Crippen LogP contribution in [-0.2, 0) is 20.3 Å². The number of benzene rings is 1. The van der Waals surface area contributed by atoms with Crippen molar-refractivity contribution in [2.75, 3.05) is 26.0 Å². The van der Waals surface area contributed by atoms with Crippen LogP contribution in [0.1, 0.15) is 17.2 Å². The summed E-state index contributed by atoms with van der Waals surface area (Å²) in [5, 5.41) is 2.99. The van der Waals surface area contributed by atoms with Gasteiger partial charge in [-0.25, -0.2) is 9.97 Å². The van der Waals surface area contributed by atoms with E-state index in [-0.39, 0.29) is 6.10 Å². The first-order valence-corrected chi connectivity index (χ1v) is 12.6. The first-order chi connectivity index (χ1) is 15.5. The molecule has 1 saturated heterocycles. The van der Waals surface area contributed by atoms with Crippen LogP contribution in [0.15, 0.2) is 53.1 Å². The van der Waals surface area contributed by atoms with Gasteiger partial charge in [0.2, 0.25) is 12.4 Å². The van der Waals surface area contributed by atoms with E-state index in [0.29, 0.717) is 25.6 Å². The zero-order valence-electron chi connectivity index (χ0n) is 17.7. The van der Waals surface area contributed by atoms with Gasteiger partial charge in [-0.2, -0.15) is 0 Å². The van der Waals surface area contributed by atoms with Gasteiger partial charge in [-0.05, 0) is 35.6 Å². The number of amides is 1. The van der Waals surface area contributed by atoms with Crippen LogP contribution in [-0.4, -0.2) is 56.0 Å². The Morgan fingerprint density at radius 2 is 2.06 bits per heavy atom. The number of nitrogens with zero attached hydrogens (tertiary/aromatic N) is 4. The van der Waals surface area contributed by atoms with Crippen molar-refractivity contribution in [3.63, 3.8) is 0 Å². The molecule has 1 aliphatic heterocycles. The molecule has 0 N–H and O–H groups in total. The minimum Gasteiger partial charge on any atom is -0.370 e. The molecule has 5 rings (SSSR count). The molecule has 1 fully saturated rings. The Labute approximate surface area is 192 Å². The maximum atomic E-state index is 12.4. The zero-order valence-corrected chi connectivity index (χ0v) is 19.4. The highest BCUT2D eigenvalue weighted by molar-refractivity contribution is 7.84. The molecular weight excluding hydrogens is 444 g/mol. The Kier molecular flexibility index (Phi) is 5.62. The van der Waals surface area contributed by atoms with Crippen molar-refractivity contribution in [1.29, 1.82) is 0 Å². The lowest BCUT2D eigenvalue weighted by Crippen LogP contribution is -2.37. The van der Waals surface area contributed by atoms with Gasteiger partial charge in [0.25, 0.3) is 0 Å². The molecule has 0 spiro atoms. The minimum absolute atomic E-state index is 0.206. The lowest BCUT2D eigenvalue weighted by Gasteiger charge is -2.30. The average molecular weight is 467 g/mol. The van der Waals surface area contributed by atoms with Crippen LogP contribution in [0.3, 0.4) is 0 Å². The van der Waals surface area contributed by atoms with Crippen LogP contribution in [0.4, 0.5) is 0 Å². The first-order valence-electron chi connectivity index (χ1n) is 10.2. The van der Waals surface area contributed by atoms with Gasteiger partial charge in [0.15, 0.2) is 0 Å². The van der Waals surface area contributed by atoms with Crippen LogP contribution in [0.2, 0.25) is 0 Å². The summed E-state index contributed by atoms with van der Waals surface area (Å²) in [6.07, 6.45) is 7.80. The molecule has 0 bridgehead atoms. The van der Waals surface area contributed by atoms with Crippen LogP contribution >= 0.6 is 11.3 Å². The van der Waals surface area contributed by atoms with Crippen molar-refractivity contribution in [3.05, 3.63) is 59.4 Å². The van der Waals surface area contributed by atoms with Gasteiger partial charge in [0.05, 0.1) is 34.4 Å². The number of thiophene rings is 1. The fraction of sp³-hybridized carbons (Fsp3) is 0.261. The summed E-state index contributed by atoms with van der Waals surface area (Å²) in [5.41, 5.74) is 4.00. The van der Waals surface area contributed by atoms with Crippen molar-refractivity contribution in [3.8, 4) is 16.4 Å². The number of morpholine rings is 1. The van der Waals surface area contributed by atoms with Gasteiger partial charge in [-0.15, -0.1) is 11.3 Å². The molecular formula is C23H22N4O3S2. The van der Waals surface area contributed by atoms with E-state index in [1.165, 1.54) is 5.56 Å². The number of carbonyl (C=O) groups is 1. The minimum atomic E-state index is -1.17. The number of carbonyl (C=O) groups excluding carboxylic acids is 1. The van der Waals surface area contributed by atoms with E-state index in [4.69, 9.17) is 4.74 Å². The predicted octanol–water partition coefficient (Wildman–Crippen LogP) is 3.72. The van der Waals surface area contributed by atoms with Crippen molar-refractivity contribution >= 4 is 39.4 Å². The molecule has 1 aliphatic rings. The van der Waals surface area contributed by atoms with Crippen LogP contribution in [0.25, 0.3) is 27.3 Å². The van der Waals surface area contributed by atoms with E-state index in [9.17, 15) is 9.00 Å². The quantitative estimate of drug-likeness (QED) is 0.419. The molecule has 0 aliphatic carbocycles. The highest BCUT2D eigenvalue weighted by atomic mass is 32.2. The van der Waals surface area contributed by atoms with Crippen LogP contribution < -0.4 is 0 Å². The van der Waals surface area contributed by atoms with Crippen molar-refractivity contribution in [2.24, 2.45) is 0 Å². The second kappa shape index (κ2) is 8.57. The second-order valence-electron chi connectivity index (χ2n) is 7.81. The Bertz CT molecular complexity index is 1310. The van der Waals surface area contributed by atoms with Gasteiger partial charge in [-0.3, -0.25) is 13.6 Å². The van der Waals surface area contributed by atoms with Gasteiger partial charge >= 0.3 is 0 Å². The standard InChI is InChI=1S/C23H22N4O3S2/c1-15-7-21(31-13-15)17-9-24-23(25-10-17)27-12-22(32(2)29)18-4-3-16(8-19(18)27)20-11-26(14-28)5-6-30-20/h3-4,7-10,12-14,20H,5-6,11H2,1-2H3. The van der Waals surface area contributed by atoms with E-state index in [2.05, 4.69) is 28.3 Å². The number of aromatic nitrogens is 3. The fourth-order valence-corrected chi connectivity index (χ4v) is 5.54. The monoisotopic (exact) mass is 466 g/mol. The summed E-state index contributed by atoms with van der Waals surface area (Å²) in [7, 11) is -1.17. The smallest absolute Gasteiger partial charge is 0.234 e. The van der Waals surface area contributed by atoms with Crippen molar-refractivity contribution < 1.29 is 13.7 Å². The number of aryl methyl sites for hydroxylation is 1. The van der Waals surface area contributed by atoms with E-state index in [1.54, 1.807) is 22.5 Å². The van der Waals surface area contributed by atoms with Crippen LogP contribution in [0, 0.1) is 6.92 Å². The van der Waals surface area contributed by atoms with Crippen molar-refractivity contribution in [1.82, 2.24) is 19.4 Å². The normalized spacial score (nSPS) is 17.6. The topological polar surface area (TPSA) is 77.3 Å². The number of rotatable bonds is 5. The molecule has 4 aromatic rings. The molecule has 7 nitrogen and oxygen atoms in total. The molecule has 0 saturated carbocycles. The summed E-state index contributed by atoms with van der Waals surface area (Å²) in [6.45, 7) is 3.67. The molecule has 1 aromatic carbocycles. The molecule has 2 unspecified atom stereocenters. The highest BCUT2D eigenvalue weighted by Gasteiger charge is 2.23. The Balaban J connectivity index is 1.57. The molecule has 164 valence electrons. The average Bonchev–Trinajstić information content (AvgIpc) is 3.43. The van der Waals surface area contributed by atoms with Crippen molar-refractivity contribution in [2.45, 2.75) is 17.9 Å². The van der Waals surface area contributed by atoms with E-state index in [0.717, 1.165) is 38.2 Å². The van der Waals surface area contributed by atoms with Gasteiger partial charge < -0.3 is 9.64 Å². The number of hydrogen-bond acceptors (Lipinski definition) is 6. The third-order valence-corrected chi connectivity index (χ3v) is 7.63. The first kappa shape index (κ1) is 21.0. The van der Waals surface area contributed by atoms with E-state index in [1.807, 2.05) is 41.4 Å². The summed E-state index contributed by atoms with van der Waals surface area (Å²) in [6, 6.07) is 8.07. The fourth-order valence-electron chi connectivity index (χ4n) is 3.93. The molecule has 3 aromatic heterocycles. The maximum absolute atomic E-state index is 12.4. The summed E-state index contributed by atoms with van der Waals surface area (Å²) in [5.74, 6) is 0.514. The Morgan fingerprint density at radius 3 is 2.75 bits per heavy atom. The molecule has 0 radical (unpaired) electrons. The van der Waals surface area contributed by atoms with Gasteiger partial charge in [-0.1, -0.05) is 12.1 Å². The molecule has 32 heavy (non-hydrogen) atoms. The lowest BCUT2D eigenvalue weighted by atomic mass is 10.1. The highest BCUT2D eigenvalue weighted by Crippen LogP contribution is 2.31. The zero-order chi connectivity index (χ0) is 22.2. The number of hydrogen-bond donors (Lipinski definition) is 0. The van der Waals surface area contributed by atoms with Gasteiger partial charge in [0.1, 0.15) is 6.10 Å². The van der Waals surface area contributed by atoms with Crippen LogP contribution in [0.5, 0.6) is 0 Å². The lowest BCUT2D eigenvalue weighted by molar-refractivity contribution is -0.125. The largest absolute Gasteiger partial charge is 0.370 e.